The van der Waals surface area contributed by atoms with Crippen molar-refractivity contribution in [3.8, 4) is 11.5 Å². The minimum Gasteiger partial charge on any atom is -0.420 e. The van der Waals surface area contributed by atoms with Crippen molar-refractivity contribution in [2.45, 2.75) is 0 Å². The van der Waals surface area contributed by atoms with Crippen LogP contribution in [0.2, 0.25) is 0 Å². The van der Waals surface area contributed by atoms with Crippen LogP contribution < -0.4 is 0 Å². The molecule has 3 aromatic rings. The van der Waals surface area contributed by atoms with E-state index in [0.29, 0.717) is 21.8 Å². The molecule has 0 bridgehead atoms. The molecule has 0 spiro atoms. The van der Waals surface area contributed by atoms with Crippen LogP contribution in [0.25, 0.3) is 22.7 Å². The quantitative estimate of drug-likeness (QED) is 0.652. The maximum Gasteiger partial charge on any atom is 0.229 e. The van der Waals surface area contributed by atoms with Gasteiger partial charge in [0.25, 0.3) is 0 Å². The van der Waals surface area contributed by atoms with E-state index in [1.54, 1.807) is 0 Å². The molecule has 3 rings (SSSR count). The molecule has 0 saturated carbocycles. The van der Waals surface area contributed by atoms with Gasteiger partial charge in [-0.2, -0.15) is 0 Å². The third kappa shape index (κ3) is 1.42. The number of fused-ring (bicyclic) bond motifs is 1. The Morgan fingerprint density at radius 2 is 2.00 bits per heavy atom. The lowest BCUT2D eigenvalue weighted by Crippen LogP contribution is -1.79. The SMILES string of the molecule is S=c1nc[nH]c2oc(-c3ccccc3)nc12. The number of rotatable bonds is 1. The maximum absolute atomic E-state index is 5.56. The first-order valence-corrected chi connectivity index (χ1v) is 5.15. The van der Waals surface area contributed by atoms with E-state index in [1.807, 2.05) is 30.3 Å². The zero-order valence-electron chi connectivity index (χ0n) is 8.18. The first-order chi connectivity index (χ1) is 7.84. The van der Waals surface area contributed by atoms with Gasteiger partial charge in [0.1, 0.15) is 0 Å². The van der Waals surface area contributed by atoms with Crippen molar-refractivity contribution in [3.05, 3.63) is 41.3 Å². The highest BCUT2D eigenvalue weighted by atomic mass is 32.1. The number of nitrogens with one attached hydrogen (secondary N) is 1. The molecular weight excluding hydrogens is 222 g/mol. The molecule has 0 amide bonds. The molecule has 16 heavy (non-hydrogen) atoms. The van der Waals surface area contributed by atoms with E-state index in [-0.39, 0.29) is 0 Å². The van der Waals surface area contributed by atoms with E-state index >= 15 is 0 Å². The van der Waals surface area contributed by atoms with Crippen molar-refractivity contribution < 1.29 is 4.42 Å². The van der Waals surface area contributed by atoms with Gasteiger partial charge in [-0.1, -0.05) is 30.4 Å². The van der Waals surface area contributed by atoms with Crippen LogP contribution in [0.1, 0.15) is 0 Å². The molecule has 0 atom stereocenters. The molecule has 0 radical (unpaired) electrons. The first kappa shape index (κ1) is 9.23. The minimum absolute atomic E-state index is 0.444. The van der Waals surface area contributed by atoms with Gasteiger partial charge in [0, 0.05) is 5.56 Å². The van der Waals surface area contributed by atoms with E-state index in [2.05, 4.69) is 15.0 Å². The lowest BCUT2D eigenvalue weighted by molar-refractivity contribution is 0.607. The fourth-order valence-corrected chi connectivity index (χ4v) is 1.67. The van der Waals surface area contributed by atoms with Crippen LogP contribution in [0.15, 0.2) is 41.1 Å². The molecule has 0 aliphatic heterocycles. The standard InChI is InChI=1S/C11H7N3OS/c16-11-8-10(12-6-13-11)15-9(14-8)7-4-2-1-3-5-7/h1-6H,(H,12,13,16). The average Bonchev–Trinajstić information content (AvgIpc) is 2.76. The second kappa shape index (κ2) is 3.53. The van der Waals surface area contributed by atoms with Gasteiger partial charge >= 0.3 is 0 Å². The summed E-state index contributed by atoms with van der Waals surface area (Å²) in [6, 6.07) is 9.67. The first-order valence-electron chi connectivity index (χ1n) is 4.74. The molecular formula is C11H7N3OS. The van der Waals surface area contributed by atoms with Crippen LogP contribution in [0, 0.1) is 4.64 Å². The molecule has 4 nitrogen and oxygen atoms in total. The predicted molar refractivity (Wildman–Crippen MR) is 62.4 cm³/mol. The van der Waals surface area contributed by atoms with Crippen molar-refractivity contribution in [2.75, 3.05) is 0 Å². The number of benzene rings is 1. The van der Waals surface area contributed by atoms with Crippen LogP contribution in [-0.2, 0) is 0 Å². The Morgan fingerprint density at radius 1 is 1.19 bits per heavy atom. The lowest BCUT2D eigenvalue weighted by atomic mass is 10.2. The maximum atomic E-state index is 5.56. The smallest absolute Gasteiger partial charge is 0.229 e. The molecule has 1 N–H and O–H groups in total. The topological polar surface area (TPSA) is 54.7 Å². The Labute approximate surface area is 96.0 Å². The highest BCUT2D eigenvalue weighted by Gasteiger charge is 2.08. The lowest BCUT2D eigenvalue weighted by Gasteiger charge is -1.91. The molecule has 5 heteroatoms. The van der Waals surface area contributed by atoms with Gasteiger partial charge in [-0.15, -0.1) is 0 Å². The number of H-pyrrole nitrogens is 1. The van der Waals surface area contributed by atoms with Gasteiger partial charge in [-0.3, -0.25) is 0 Å². The molecule has 0 aliphatic rings. The summed E-state index contributed by atoms with van der Waals surface area (Å²) >= 11 is 5.06. The molecule has 2 aromatic heterocycles. The summed E-state index contributed by atoms with van der Waals surface area (Å²) in [5.41, 5.74) is 2.07. The number of nitrogens with zero attached hydrogens (tertiary/aromatic N) is 2. The van der Waals surface area contributed by atoms with E-state index in [9.17, 15) is 0 Å². The Morgan fingerprint density at radius 3 is 2.75 bits per heavy atom. The van der Waals surface area contributed by atoms with Crippen molar-refractivity contribution in [2.24, 2.45) is 0 Å². The molecule has 1 aromatic carbocycles. The largest absolute Gasteiger partial charge is 0.420 e. The number of hydrogen-bond donors (Lipinski definition) is 1. The fraction of sp³-hybridized carbons (Fsp3) is 0. The zero-order valence-corrected chi connectivity index (χ0v) is 8.99. The second-order valence-corrected chi connectivity index (χ2v) is 3.66. The summed E-state index contributed by atoms with van der Waals surface area (Å²) in [7, 11) is 0. The molecule has 0 aliphatic carbocycles. The Kier molecular flexibility index (Phi) is 2.04. The van der Waals surface area contributed by atoms with Crippen LogP contribution in [0.3, 0.4) is 0 Å². The average molecular weight is 229 g/mol. The highest BCUT2D eigenvalue weighted by Crippen LogP contribution is 2.22. The van der Waals surface area contributed by atoms with Gasteiger partial charge in [0.2, 0.25) is 11.6 Å². The normalized spacial score (nSPS) is 10.8. The Balaban J connectivity index is 2.28. The van der Waals surface area contributed by atoms with Gasteiger partial charge in [0.15, 0.2) is 10.2 Å². The third-order valence-corrected chi connectivity index (χ3v) is 2.53. The van der Waals surface area contributed by atoms with Gasteiger partial charge < -0.3 is 9.40 Å². The van der Waals surface area contributed by atoms with Crippen molar-refractivity contribution >= 4 is 23.4 Å². The van der Waals surface area contributed by atoms with Crippen LogP contribution in [0.4, 0.5) is 0 Å². The number of oxazole rings is 1. The third-order valence-electron chi connectivity index (χ3n) is 2.23. The molecule has 78 valence electrons. The second-order valence-electron chi connectivity index (χ2n) is 3.27. The van der Waals surface area contributed by atoms with Crippen molar-refractivity contribution in [1.82, 2.24) is 15.0 Å². The van der Waals surface area contributed by atoms with Crippen molar-refractivity contribution in [3.63, 3.8) is 0 Å². The Bertz CT molecular complexity index is 687. The van der Waals surface area contributed by atoms with E-state index in [0.717, 1.165) is 5.56 Å². The molecule has 2 heterocycles. The summed E-state index contributed by atoms with van der Waals surface area (Å²) in [4.78, 5) is 11.1. The summed E-state index contributed by atoms with van der Waals surface area (Å²) < 4.78 is 6.01. The number of aromatic amines is 1. The van der Waals surface area contributed by atoms with E-state index in [1.165, 1.54) is 6.33 Å². The highest BCUT2D eigenvalue weighted by molar-refractivity contribution is 7.71. The summed E-state index contributed by atoms with van der Waals surface area (Å²) in [6.07, 6.45) is 1.50. The summed E-state index contributed by atoms with van der Waals surface area (Å²) in [5.74, 6) is 0.547. The molecule has 0 unspecified atom stereocenters. The summed E-state index contributed by atoms with van der Waals surface area (Å²) in [5, 5.41) is 0. The zero-order chi connectivity index (χ0) is 11.0. The van der Waals surface area contributed by atoms with Gasteiger partial charge in [0.05, 0.1) is 6.33 Å². The predicted octanol–water partition coefficient (Wildman–Crippen LogP) is 2.95. The van der Waals surface area contributed by atoms with Crippen LogP contribution >= 0.6 is 12.2 Å². The molecule has 0 fully saturated rings. The number of aromatic nitrogens is 3. The fourth-order valence-electron chi connectivity index (χ4n) is 1.48. The summed E-state index contributed by atoms with van der Waals surface area (Å²) in [6.45, 7) is 0. The van der Waals surface area contributed by atoms with E-state index < -0.39 is 0 Å². The van der Waals surface area contributed by atoms with E-state index in [4.69, 9.17) is 16.6 Å². The minimum atomic E-state index is 0.444. The van der Waals surface area contributed by atoms with Crippen LogP contribution in [-0.4, -0.2) is 15.0 Å². The molecule has 0 saturated heterocycles. The van der Waals surface area contributed by atoms with Crippen molar-refractivity contribution in [1.29, 1.82) is 0 Å². The Hall–Kier alpha value is -2.01. The monoisotopic (exact) mass is 229 g/mol. The van der Waals surface area contributed by atoms with Gasteiger partial charge in [-0.05, 0) is 12.1 Å². The van der Waals surface area contributed by atoms with Crippen LogP contribution in [0.5, 0.6) is 0 Å². The van der Waals surface area contributed by atoms with Gasteiger partial charge in [-0.25, -0.2) is 9.97 Å². The number of hydrogen-bond acceptors (Lipinski definition) is 4.